The number of aromatic nitrogens is 1. The Kier molecular flexibility index (Phi) is 4.59. The molecule has 5 nitrogen and oxygen atoms in total. The molecule has 0 aliphatic carbocycles. The summed E-state index contributed by atoms with van der Waals surface area (Å²) in [6.07, 6.45) is 0. The number of para-hydroxylation sites is 1. The summed E-state index contributed by atoms with van der Waals surface area (Å²) in [5.41, 5.74) is 3.27. The number of anilines is 1. The summed E-state index contributed by atoms with van der Waals surface area (Å²) in [4.78, 5) is 4.27. The minimum atomic E-state index is 0.328. The van der Waals surface area contributed by atoms with Crippen molar-refractivity contribution in [3.8, 4) is 11.5 Å². The first-order valence-electron chi connectivity index (χ1n) is 5.62. The standard InChI is InChI=1S/C13H14BrN3O2/c1-18-11-6-3-5-10(14)13(11)19-8-9-4-2-7-12(16-9)17-15/h2-7H,8,15H2,1H3,(H,16,17). The summed E-state index contributed by atoms with van der Waals surface area (Å²) in [6, 6.07) is 11.1. The van der Waals surface area contributed by atoms with Crippen LogP contribution in [0.2, 0.25) is 0 Å². The topological polar surface area (TPSA) is 69.4 Å². The van der Waals surface area contributed by atoms with Crippen molar-refractivity contribution in [3.05, 3.63) is 46.6 Å². The van der Waals surface area contributed by atoms with Gasteiger partial charge in [-0.3, -0.25) is 0 Å². The Balaban J connectivity index is 2.14. The predicted molar refractivity (Wildman–Crippen MR) is 77.1 cm³/mol. The second kappa shape index (κ2) is 6.40. The largest absolute Gasteiger partial charge is 0.493 e. The number of ether oxygens (including phenoxy) is 2. The number of hydrogen-bond acceptors (Lipinski definition) is 5. The molecule has 1 aromatic heterocycles. The lowest BCUT2D eigenvalue weighted by molar-refractivity contribution is 0.279. The zero-order valence-electron chi connectivity index (χ0n) is 10.4. The van der Waals surface area contributed by atoms with Gasteiger partial charge < -0.3 is 14.9 Å². The SMILES string of the molecule is COc1cccc(Br)c1OCc1cccc(NN)n1. The number of nitrogens with zero attached hydrogens (tertiary/aromatic N) is 1. The van der Waals surface area contributed by atoms with Gasteiger partial charge in [-0.2, -0.15) is 0 Å². The van der Waals surface area contributed by atoms with E-state index < -0.39 is 0 Å². The lowest BCUT2D eigenvalue weighted by Gasteiger charge is -2.12. The maximum Gasteiger partial charge on any atom is 0.175 e. The molecule has 0 saturated heterocycles. The fraction of sp³-hybridized carbons (Fsp3) is 0.154. The Hall–Kier alpha value is -1.79. The Labute approximate surface area is 119 Å². The van der Waals surface area contributed by atoms with Gasteiger partial charge in [0, 0.05) is 0 Å². The van der Waals surface area contributed by atoms with Crippen LogP contribution in [-0.4, -0.2) is 12.1 Å². The van der Waals surface area contributed by atoms with Gasteiger partial charge in [-0.25, -0.2) is 10.8 Å². The number of pyridine rings is 1. The second-order valence-corrected chi connectivity index (χ2v) is 4.57. The molecule has 1 heterocycles. The second-order valence-electron chi connectivity index (χ2n) is 3.72. The normalized spacial score (nSPS) is 10.1. The van der Waals surface area contributed by atoms with Crippen molar-refractivity contribution in [1.82, 2.24) is 4.98 Å². The zero-order valence-corrected chi connectivity index (χ0v) is 12.0. The summed E-state index contributed by atoms with van der Waals surface area (Å²) in [7, 11) is 1.60. The van der Waals surface area contributed by atoms with Gasteiger partial charge in [0.15, 0.2) is 11.5 Å². The highest BCUT2D eigenvalue weighted by Crippen LogP contribution is 2.35. The molecule has 2 rings (SSSR count). The zero-order chi connectivity index (χ0) is 13.7. The predicted octanol–water partition coefficient (Wildman–Crippen LogP) is 2.72. The molecule has 0 saturated carbocycles. The van der Waals surface area contributed by atoms with Crippen molar-refractivity contribution < 1.29 is 9.47 Å². The average Bonchev–Trinajstić information content (AvgIpc) is 2.46. The van der Waals surface area contributed by atoms with Gasteiger partial charge in [-0.1, -0.05) is 12.1 Å². The van der Waals surface area contributed by atoms with E-state index in [1.807, 2.05) is 30.3 Å². The molecular formula is C13H14BrN3O2. The van der Waals surface area contributed by atoms with Crippen molar-refractivity contribution >= 4 is 21.7 Å². The Bertz CT molecular complexity index is 563. The quantitative estimate of drug-likeness (QED) is 0.654. The van der Waals surface area contributed by atoms with Crippen LogP contribution in [0.3, 0.4) is 0 Å². The van der Waals surface area contributed by atoms with Crippen LogP contribution in [0, 0.1) is 0 Å². The summed E-state index contributed by atoms with van der Waals surface area (Å²) >= 11 is 3.43. The molecule has 0 aliphatic heterocycles. The van der Waals surface area contributed by atoms with E-state index in [0.717, 1.165) is 10.2 Å². The van der Waals surface area contributed by atoms with Gasteiger partial charge in [-0.15, -0.1) is 0 Å². The number of hydrazine groups is 1. The van der Waals surface area contributed by atoms with Crippen LogP contribution in [0.5, 0.6) is 11.5 Å². The van der Waals surface area contributed by atoms with E-state index in [1.54, 1.807) is 13.2 Å². The van der Waals surface area contributed by atoms with Crippen molar-refractivity contribution in [2.45, 2.75) is 6.61 Å². The molecule has 0 unspecified atom stereocenters. The third-order valence-electron chi connectivity index (χ3n) is 2.47. The molecule has 0 atom stereocenters. The number of nitrogens with one attached hydrogen (secondary N) is 1. The van der Waals surface area contributed by atoms with Gasteiger partial charge >= 0.3 is 0 Å². The molecular weight excluding hydrogens is 310 g/mol. The first-order valence-corrected chi connectivity index (χ1v) is 6.41. The molecule has 100 valence electrons. The van der Waals surface area contributed by atoms with Crippen LogP contribution < -0.4 is 20.7 Å². The van der Waals surface area contributed by atoms with Crippen LogP contribution in [0.1, 0.15) is 5.69 Å². The van der Waals surface area contributed by atoms with E-state index in [4.69, 9.17) is 15.3 Å². The maximum atomic E-state index is 5.74. The molecule has 0 amide bonds. The Morgan fingerprint density at radius 2 is 2.05 bits per heavy atom. The molecule has 0 aliphatic rings. The first-order chi connectivity index (χ1) is 9.24. The molecule has 0 bridgehead atoms. The number of methoxy groups -OCH3 is 1. The van der Waals surface area contributed by atoms with Crippen LogP contribution in [-0.2, 0) is 6.61 Å². The van der Waals surface area contributed by atoms with Crippen LogP contribution in [0.15, 0.2) is 40.9 Å². The third kappa shape index (κ3) is 3.36. The van der Waals surface area contributed by atoms with E-state index >= 15 is 0 Å². The maximum absolute atomic E-state index is 5.74. The summed E-state index contributed by atoms with van der Waals surface area (Å²) in [5.74, 6) is 7.23. The van der Waals surface area contributed by atoms with E-state index in [2.05, 4.69) is 26.3 Å². The van der Waals surface area contributed by atoms with Crippen LogP contribution in [0.25, 0.3) is 0 Å². The molecule has 1 aromatic carbocycles. The molecule has 19 heavy (non-hydrogen) atoms. The summed E-state index contributed by atoms with van der Waals surface area (Å²) < 4.78 is 11.8. The van der Waals surface area contributed by atoms with Gasteiger partial charge in [0.25, 0.3) is 0 Å². The number of halogens is 1. The molecule has 6 heteroatoms. The van der Waals surface area contributed by atoms with E-state index in [0.29, 0.717) is 23.9 Å². The van der Waals surface area contributed by atoms with Crippen LogP contribution >= 0.6 is 15.9 Å². The fourth-order valence-corrected chi connectivity index (χ4v) is 2.04. The highest BCUT2D eigenvalue weighted by atomic mass is 79.9. The molecule has 3 N–H and O–H groups in total. The monoisotopic (exact) mass is 323 g/mol. The van der Waals surface area contributed by atoms with Crippen molar-refractivity contribution in [3.63, 3.8) is 0 Å². The van der Waals surface area contributed by atoms with Crippen molar-refractivity contribution in [2.24, 2.45) is 5.84 Å². The highest BCUT2D eigenvalue weighted by Gasteiger charge is 2.09. The number of nitrogen functional groups attached to an aromatic ring is 1. The van der Waals surface area contributed by atoms with E-state index in [9.17, 15) is 0 Å². The Morgan fingerprint density at radius 3 is 2.79 bits per heavy atom. The van der Waals surface area contributed by atoms with Crippen LogP contribution in [0.4, 0.5) is 5.82 Å². The van der Waals surface area contributed by atoms with Gasteiger partial charge in [-0.05, 0) is 40.2 Å². The highest BCUT2D eigenvalue weighted by molar-refractivity contribution is 9.10. The van der Waals surface area contributed by atoms with E-state index in [-0.39, 0.29) is 0 Å². The minimum absolute atomic E-state index is 0.328. The summed E-state index contributed by atoms with van der Waals surface area (Å²) in [6.45, 7) is 0.328. The van der Waals surface area contributed by atoms with Crippen molar-refractivity contribution in [2.75, 3.05) is 12.5 Å². The fourth-order valence-electron chi connectivity index (χ4n) is 1.58. The molecule has 0 fully saturated rings. The average molecular weight is 324 g/mol. The van der Waals surface area contributed by atoms with Gasteiger partial charge in [0.1, 0.15) is 12.4 Å². The van der Waals surface area contributed by atoms with Crippen molar-refractivity contribution in [1.29, 1.82) is 0 Å². The first kappa shape index (κ1) is 13.6. The lowest BCUT2D eigenvalue weighted by atomic mass is 10.3. The smallest absolute Gasteiger partial charge is 0.175 e. The number of benzene rings is 1. The number of nitrogens with two attached hydrogens (primary N) is 1. The third-order valence-corrected chi connectivity index (χ3v) is 3.09. The lowest BCUT2D eigenvalue weighted by Crippen LogP contribution is -2.10. The van der Waals surface area contributed by atoms with Gasteiger partial charge in [0.05, 0.1) is 17.3 Å². The summed E-state index contributed by atoms with van der Waals surface area (Å²) in [5, 5.41) is 0. The van der Waals surface area contributed by atoms with E-state index in [1.165, 1.54) is 0 Å². The van der Waals surface area contributed by atoms with Gasteiger partial charge in [0.2, 0.25) is 0 Å². The number of hydrogen-bond donors (Lipinski definition) is 2. The Morgan fingerprint density at radius 1 is 1.26 bits per heavy atom. The molecule has 2 aromatic rings. The number of rotatable bonds is 5. The molecule has 0 spiro atoms. The molecule has 0 radical (unpaired) electrons. The minimum Gasteiger partial charge on any atom is -0.493 e.